The van der Waals surface area contributed by atoms with E-state index in [1.165, 1.54) is 13.2 Å². The Morgan fingerprint density at radius 2 is 2.10 bits per heavy atom. The quantitative estimate of drug-likeness (QED) is 0.811. The molecule has 112 valence electrons. The molecule has 0 radical (unpaired) electrons. The van der Waals surface area contributed by atoms with Crippen molar-refractivity contribution in [2.75, 3.05) is 7.11 Å². The highest BCUT2D eigenvalue weighted by molar-refractivity contribution is 7.89. The lowest BCUT2D eigenvalue weighted by Gasteiger charge is -2.15. The molecule has 0 spiro atoms. The fourth-order valence-corrected chi connectivity index (χ4v) is 2.60. The van der Waals surface area contributed by atoms with Crippen molar-refractivity contribution < 1.29 is 17.9 Å². The molecule has 3 N–H and O–H groups in total. The molecule has 0 fully saturated rings. The van der Waals surface area contributed by atoms with Crippen molar-refractivity contribution in [3.63, 3.8) is 0 Å². The molecule has 6 nitrogen and oxygen atoms in total. The number of methoxy groups -OCH3 is 1. The molecule has 0 aliphatic carbocycles. The van der Waals surface area contributed by atoms with Gasteiger partial charge in [0, 0.05) is 12.5 Å². The van der Waals surface area contributed by atoms with Gasteiger partial charge in [0.05, 0.1) is 7.11 Å². The van der Waals surface area contributed by atoms with Crippen LogP contribution in [0.25, 0.3) is 0 Å². The van der Waals surface area contributed by atoms with Crippen LogP contribution < -0.4 is 15.2 Å². The summed E-state index contributed by atoms with van der Waals surface area (Å²) in [6, 6.07) is 4.69. The summed E-state index contributed by atoms with van der Waals surface area (Å²) in [5.41, 5.74) is 0.763. The van der Waals surface area contributed by atoms with Crippen LogP contribution in [0, 0.1) is 0 Å². The SMILES string of the molecule is CCC(=O)N[C@H](C)Cc1ccc(OC)c(S(N)(=O)=O)c1. The van der Waals surface area contributed by atoms with Gasteiger partial charge in [-0.25, -0.2) is 13.6 Å². The third kappa shape index (κ3) is 4.50. The molecule has 1 rings (SSSR count). The minimum atomic E-state index is -3.84. The van der Waals surface area contributed by atoms with E-state index in [-0.39, 0.29) is 22.6 Å². The van der Waals surface area contributed by atoms with E-state index >= 15 is 0 Å². The van der Waals surface area contributed by atoms with Crippen molar-refractivity contribution in [3.05, 3.63) is 23.8 Å². The first-order valence-electron chi connectivity index (χ1n) is 6.27. The zero-order valence-electron chi connectivity index (χ0n) is 11.8. The van der Waals surface area contributed by atoms with Gasteiger partial charge in [-0.1, -0.05) is 13.0 Å². The van der Waals surface area contributed by atoms with E-state index in [0.717, 1.165) is 5.56 Å². The molecule has 1 aromatic rings. The monoisotopic (exact) mass is 300 g/mol. The first-order valence-corrected chi connectivity index (χ1v) is 7.81. The number of nitrogens with two attached hydrogens (primary N) is 1. The van der Waals surface area contributed by atoms with Crippen molar-refractivity contribution >= 4 is 15.9 Å². The van der Waals surface area contributed by atoms with Crippen molar-refractivity contribution in [2.24, 2.45) is 5.14 Å². The Bertz CT molecular complexity index is 584. The number of nitrogens with one attached hydrogen (secondary N) is 1. The molecule has 0 saturated carbocycles. The summed E-state index contributed by atoms with van der Waals surface area (Å²) in [4.78, 5) is 11.2. The molecular formula is C13H20N2O4S. The molecule has 1 aromatic carbocycles. The lowest BCUT2D eigenvalue weighted by atomic mass is 10.1. The van der Waals surface area contributed by atoms with Crippen LogP contribution in [0.5, 0.6) is 5.75 Å². The molecule has 0 saturated heterocycles. The van der Waals surface area contributed by atoms with Crippen molar-refractivity contribution in [1.82, 2.24) is 5.32 Å². The highest BCUT2D eigenvalue weighted by atomic mass is 32.2. The Hall–Kier alpha value is -1.60. The maximum atomic E-state index is 11.5. The van der Waals surface area contributed by atoms with Crippen molar-refractivity contribution in [1.29, 1.82) is 0 Å². The number of amides is 1. The van der Waals surface area contributed by atoms with E-state index in [9.17, 15) is 13.2 Å². The number of carbonyl (C=O) groups excluding carboxylic acids is 1. The normalized spacial score (nSPS) is 12.8. The van der Waals surface area contributed by atoms with Gasteiger partial charge in [0.25, 0.3) is 0 Å². The second-order valence-corrected chi connectivity index (χ2v) is 6.09. The predicted octanol–water partition coefficient (Wildman–Crippen LogP) is 0.800. The van der Waals surface area contributed by atoms with Gasteiger partial charge in [0.1, 0.15) is 10.6 Å². The fourth-order valence-electron chi connectivity index (χ4n) is 1.85. The van der Waals surface area contributed by atoms with Crippen LogP contribution in [0.3, 0.4) is 0 Å². The molecule has 1 atom stereocenters. The molecular weight excluding hydrogens is 280 g/mol. The Balaban J connectivity index is 2.96. The van der Waals surface area contributed by atoms with Gasteiger partial charge in [-0.2, -0.15) is 0 Å². The molecule has 0 unspecified atom stereocenters. The topological polar surface area (TPSA) is 98.5 Å². The van der Waals surface area contributed by atoms with E-state index < -0.39 is 10.0 Å². The van der Waals surface area contributed by atoms with Gasteiger partial charge in [-0.15, -0.1) is 0 Å². The molecule has 0 bridgehead atoms. The van der Waals surface area contributed by atoms with Crippen LogP contribution in [0.15, 0.2) is 23.1 Å². The highest BCUT2D eigenvalue weighted by Crippen LogP contribution is 2.24. The van der Waals surface area contributed by atoms with Gasteiger partial charge in [-0.05, 0) is 31.0 Å². The third-order valence-corrected chi connectivity index (χ3v) is 3.74. The maximum absolute atomic E-state index is 11.5. The van der Waals surface area contributed by atoms with Gasteiger partial charge in [-0.3, -0.25) is 4.79 Å². The predicted molar refractivity (Wildman–Crippen MR) is 76.0 cm³/mol. The summed E-state index contributed by atoms with van der Waals surface area (Å²) in [7, 11) is -2.46. The Kier molecular flexibility index (Phi) is 5.52. The summed E-state index contributed by atoms with van der Waals surface area (Å²) in [6.07, 6.45) is 0.924. The Labute approximate surface area is 119 Å². The summed E-state index contributed by atoms with van der Waals surface area (Å²) >= 11 is 0. The molecule has 7 heteroatoms. The van der Waals surface area contributed by atoms with E-state index in [4.69, 9.17) is 9.88 Å². The third-order valence-electron chi connectivity index (χ3n) is 2.80. The molecule has 0 aliphatic heterocycles. The Morgan fingerprint density at radius 1 is 1.45 bits per heavy atom. The van der Waals surface area contributed by atoms with Crippen LogP contribution in [-0.4, -0.2) is 27.5 Å². The fraction of sp³-hybridized carbons (Fsp3) is 0.462. The van der Waals surface area contributed by atoms with Crippen LogP contribution in [0.2, 0.25) is 0 Å². The van der Waals surface area contributed by atoms with E-state index in [2.05, 4.69) is 5.32 Å². The average molecular weight is 300 g/mol. The minimum absolute atomic E-state index is 0.0438. The number of primary sulfonamides is 1. The number of benzene rings is 1. The summed E-state index contributed by atoms with van der Waals surface area (Å²) in [6.45, 7) is 3.63. The largest absolute Gasteiger partial charge is 0.495 e. The van der Waals surface area contributed by atoms with Crippen LogP contribution in [0.4, 0.5) is 0 Å². The van der Waals surface area contributed by atoms with Gasteiger partial charge in [0.2, 0.25) is 15.9 Å². The summed E-state index contributed by atoms with van der Waals surface area (Å²) < 4.78 is 28.0. The molecule has 0 heterocycles. The maximum Gasteiger partial charge on any atom is 0.241 e. The van der Waals surface area contributed by atoms with Crippen LogP contribution in [-0.2, 0) is 21.2 Å². The number of hydrogen-bond donors (Lipinski definition) is 2. The van der Waals surface area contributed by atoms with E-state index in [0.29, 0.717) is 12.8 Å². The minimum Gasteiger partial charge on any atom is -0.495 e. The van der Waals surface area contributed by atoms with Crippen LogP contribution in [0.1, 0.15) is 25.8 Å². The lowest BCUT2D eigenvalue weighted by Crippen LogP contribution is -2.33. The van der Waals surface area contributed by atoms with Crippen molar-refractivity contribution in [2.45, 2.75) is 37.6 Å². The molecule has 20 heavy (non-hydrogen) atoms. The van der Waals surface area contributed by atoms with E-state index in [1.54, 1.807) is 19.1 Å². The summed E-state index contributed by atoms with van der Waals surface area (Å²) in [5, 5.41) is 7.97. The number of sulfonamides is 1. The number of hydrogen-bond acceptors (Lipinski definition) is 4. The second-order valence-electron chi connectivity index (χ2n) is 4.56. The zero-order chi connectivity index (χ0) is 15.3. The summed E-state index contributed by atoms with van der Waals surface area (Å²) in [5.74, 6) is 0.166. The molecule has 0 aliphatic rings. The smallest absolute Gasteiger partial charge is 0.241 e. The lowest BCUT2D eigenvalue weighted by molar-refractivity contribution is -0.121. The Morgan fingerprint density at radius 3 is 2.60 bits per heavy atom. The van der Waals surface area contributed by atoms with Gasteiger partial charge < -0.3 is 10.1 Å². The highest BCUT2D eigenvalue weighted by Gasteiger charge is 2.16. The number of ether oxygens (including phenoxy) is 1. The number of rotatable bonds is 6. The van der Waals surface area contributed by atoms with Gasteiger partial charge in [0.15, 0.2) is 0 Å². The van der Waals surface area contributed by atoms with Gasteiger partial charge >= 0.3 is 0 Å². The first-order chi connectivity index (χ1) is 9.27. The second kappa shape index (κ2) is 6.71. The van der Waals surface area contributed by atoms with Crippen LogP contribution >= 0.6 is 0 Å². The standard InChI is InChI=1S/C13H20N2O4S/c1-4-13(16)15-9(2)7-10-5-6-11(19-3)12(8-10)20(14,17)18/h5-6,8-9H,4,7H2,1-3H3,(H,15,16)(H2,14,17,18)/t9-/m1/s1. The van der Waals surface area contributed by atoms with E-state index in [1.807, 2.05) is 6.92 Å². The first kappa shape index (κ1) is 16.5. The zero-order valence-corrected chi connectivity index (χ0v) is 12.7. The number of carbonyl (C=O) groups is 1. The molecule has 1 amide bonds. The van der Waals surface area contributed by atoms with Crippen molar-refractivity contribution in [3.8, 4) is 5.75 Å². The average Bonchev–Trinajstić information content (AvgIpc) is 2.37. The molecule has 0 aromatic heterocycles.